The first-order chi connectivity index (χ1) is 15.9. The van der Waals surface area contributed by atoms with Crippen molar-refractivity contribution in [3.05, 3.63) is 98.7 Å². The Morgan fingerprint density at radius 2 is 1.73 bits per heavy atom. The van der Waals surface area contributed by atoms with Gasteiger partial charge in [0.25, 0.3) is 0 Å². The molecule has 1 aromatic heterocycles. The lowest BCUT2D eigenvalue weighted by Crippen LogP contribution is -2.15. The third-order valence-electron chi connectivity index (χ3n) is 5.18. The molecular formula is C25H22BrClN4OS. The van der Waals surface area contributed by atoms with Crippen LogP contribution >= 0.6 is 39.3 Å². The number of anilines is 1. The molecule has 0 spiro atoms. The van der Waals surface area contributed by atoms with E-state index in [-0.39, 0.29) is 11.7 Å². The first-order valence-corrected chi connectivity index (χ1v) is 12.5. The summed E-state index contributed by atoms with van der Waals surface area (Å²) in [6.07, 6.45) is 0.624. The van der Waals surface area contributed by atoms with Crippen molar-refractivity contribution < 1.29 is 4.79 Å². The highest BCUT2D eigenvalue weighted by Crippen LogP contribution is 2.28. The summed E-state index contributed by atoms with van der Waals surface area (Å²) in [4.78, 5) is 12.7. The fourth-order valence-electron chi connectivity index (χ4n) is 3.33. The average Bonchev–Trinajstić information content (AvgIpc) is 3.19. The zero-order valence-corrected chi connectivity index (χ0v) is 21.3. The van der Waals surface area contributed by atoms with Crippen molar-refractivity contribution in [2.24, 2.45) is 0 Å². The summed E-state index contributed by atoms with van der Waals surface area (Å²) < 4.78 is 2.84. The van der Waals surface area contributed by atoms with Crippen molar-refractivity contribution in [2.45, 2.75) is 25.4 Å². The second kappa shape index (κ2) is 10.5. The van der Waals surface area contributed by atoms with E-state index < -0.39 is 0 Å². The number of nitrogens with one attached hydrogen (secondary N) is 1. The number of rotatable bonds is 7. The summed E-state index contributed by atoms with van der Waals surface area (Å²) in [5, 5.41) is 13.1. The van der Waals surface area contributed by atoms with Crippen LogP contribution in [-0.4, -0.2) is 26.4 Å². The van der Waals surface area contributed by atoms with Gasteiger partial charge in [0.2, 0.25) is 5.91 Å². The molecule has 0 aliphatic heterocycles. The van der Waals surface area contributed by atoms with Gasteiger partial charge in [-0.1, -0.05) is 53.7 Å². The maximum Gasteiger partial charge on any atom is 0.234 e. The quantitative estimate of drug-likeness (QED) is 0.267. The van der Waals surface area contributed by atoms with Crippen molar-refractivity contribution in [3.63, 3.8) is 0 Å². The SMILES string of the molecule is Cc1cc(Br)c(NC(=O)CSc2nnc(Cc3ccccc3)n2-c2ccc(Cl)cc2)cc1C. The lowest BCUT2D eigenvalue weighted by molar-refractivity contribution is -0.113. The van der Waals surface area contributed by atoms with Gasteiger partial charge < -0.3 is 5.32 Å². The standard InChI is InChI=1S/C25H22BrClN4OS/c1-16-12-21(26)22(13-17(16)2)28-24(32)15-33-25-30-29-23(14-18-6-4-3-5-7-18)31(25)20-10-8-19(27)9-11-20/h3-13H,14-15H2,1-2H3,(H,28,32). The van der Waals surface area contributed by atoms with Crippen LogP contribution in [0.3, 0.4) is 0 Å². The van der Waals surface area contributed by atoms with Gasteiger partial charge in [-0.25, -0.2) is 0 Å². The Bertz CT molecular complexity index is 1280. The molecule has 4 aromatic rings. The van der Waals surface area contributed by atoms with Gasteiger partial charge in [0, 0.05) is 21.6 Å². The third kappa shape index (κ3) is 5.85. The molecule has 33 heavy (non-hydrogen) atoms. The summed E-state index contributed by atoms with van der Waals surface area (Å²) in [7, 11) is 0. The van der Waals surface area contributed by atoms with E-state index in [4.69, 9.17) is 11.6 Å². The van der Waals surface area contributed by atoms with Crippen molar-refractivity contribution in [3.8, 4) is 5.69 Å². The summed E-state index contributed by atoms with van der Waals surface area (Å²) >= 11 is 11.0. The number of hydrogen-bond acceptors (Lipinski definition) is 4. The number of amides is 1. The van der Waals surface area contributed by atoms with Crippen LogP contribution in [0.4, 0.5) is 5.69 Å². The summed E-state index contributed by atoms with van der Waals surface area (Å²) in [6.45, 7) is 4.06. The lowest BCUT2D eigenvalue weighted by atomic mass is 10.1. The van der Waals surface area contributed by atoms with E-state index in [9.17, 15) is 4.79 Å². The summed E-state index contributed by atoms with van der Waals surface area (Å²) in [5.74, 6) is 0.888. The van der Waals surface area contributed by atoms with Gasteiger partial charge in [0.15, 0.2) is 5.16 Å². The molecule has 1 amide bonds. The van der Waals surface area contributed by atoms with E-state index in [1.807, 2.05) is 73.0 Å². The van der Waals surface area contributed by atoms with Crippen LogP contribution in [0, 0.1) is 13.8 Å². The number of aromatic nitrogens is 3. The fourth-order valence-corrected chi connectivity index (χ4v) is 4.78. The summed E-state index contributed by atoms with van der Waals surface area (Å²) in [5.41, 5.74) is 5.07. The van der Waals surface area contributed by atoms with E-state index in [2.05, 4.69) is 43.6 Å². The minimum atomic E-state index is -0.112. The lowest BCUT2D eigenvalue weighted by Gasteiger charge is -2.12. The fraction of sp³-hybridized carbons (Fsp3) is 0.160. The maximum absolute atomic E-state index is 12.7. The molecule has 1 heterocycles. The van der Waals surface area contributed by atoms with Gasteiger partial charge in [-0.3, -0.25) is 9.36 Å². The smallest absolute Gasteiger partial charge is 0.234 e. The summed E-state index contributed by atoms with van der Waals surface area (Å²) in [6, 6.07) is 21.6. The Morgan fingerprint density at radius 1 is 1.03 bits per heavy atom. The van der Waals surface area contributed by atoms with Crippen LogP contribution < -0.4 is 5.32 Å². The molecule has 0 atom stereocenters. The molecule has 0 aliphatic carbocycles. The van der Waals surface area contributed by atoms with Gasteiger partial charge in [-0.05, 0) is 82.9 Å². The van der Waals surface area contributed by atoms with Gasteiger partial charge in [-0.15, -0.1) is 10.2 Å². The van der Waals surface area contributed by atoms with E-state index in [1.54, 1.807) is 0 Å². The molecule has 0 bridgehead atoms. The Labute approximate surface area is 210 Å². The molecule has 5 nitrogen and oxygen atoms in total. The second-order valence-corrected chi connectivity index (χ2v) is 9.86. The van der Waals surface area contributed by atoms with Crippen molar-refractivity contribution >= 4 is 50.9 Å². The number of halogens is 2. The van der Waals surface area contributed by atoms with Crippen LogP contribution in [0.1, 0.15) is 22.5 Å². The molecule has 1 N–H and O–H groups in total. The van der Waals surface area contributed by atoms with Crippen LogP contribution in [0.25, 0.3) is 5.69 Å². The Morgan fingerprint density at radius 3 is 2.45 bits per heavy atom. The van der Waals surface area contributed by atoms with Gasteiger partial charge >= 0.3 is 0 Å². The van der Waals surface area contributed by atoms with Crippen molar-refractivity contribution in [1.29, 1.82) is 0 Å². The number of aryl methyl sites for hydroxylation is 2. The highest BCUT2D eigenvalue weighted by atomic mass is 79.9. The molecule has 168 valence electrons. The second-order valence-electron chi connectivity index (χ2n) is 7.63. The minimum absolute atomic E-state index is 0.112. The molecular weight excluding hydrogens is 520 g/mol. The van der Waals surface area contributed by atoms with E-state index in [0.717, 1.165) is 38.4 Å². The first kappa shape index (κ1) is 23.5. The predicted octanol–water partition coefficient (Wildman–Crippen LogP) is 6.62. The van der Waals surface area contributed by atoms with Crippen molar-refractivity contribution in [1.82, 2.24) is 14.8 Å². The zero-order chi connectivity index (χ0) is 23.4. The number of benzene rings is 3. The normalized spacial score (nSPS) is 10.9. The van der Waals surface area contributed by atoms with E-state index in [0.29, 0.717) is 16.6 Å². The number of carbonyl (C=O) groups excluding carboxylic acids is 1. The van der Waals surface area contributed by atoms with Gasteiger partial charge in [-0.2, -0.15) is 0 Å². The number of nitrogens with zero attached hydrogens (tertiary/aromatic N) is 3. The molecule has 4 rings (SSSR count). The highest BCUT2D eigenvalue weighted by molar-refractivity contribution is 9.10. The molecule has 0 unspecified atom stereocenters. The molecule has 0 aliphatic rings. The Hall–Kier alpha value is -2.61. The maximum atomic E-state index is 12.7. The van der Waals surface area contributed by atoms with Crippen LogP contribution in [-0.2, 0) is 11.2 Å². The molecule has 0 radical (unpaired) electrons. The minimum Gasteiger partial charge on any atom is -0.324 e. The van der Waals surface area contributed by atoms with Crippen molar-refractivity contribution in [2.75, 3.05) is 11.1 Å². The van der Waals surface area contributed by atoms with E-state index in [1.165, 1.54) is 11.8 Å². The van der Waals surface area contributed by atoms with Gasteiger partial charge in [0.1, 0.15) is 5.82 Å². The van der Waals surface area contributed by atoms with Crippen LogP contribution in [0.5, 0.6) is 0 Å². The largest absolute Gasteiger partial charge is 0.324 e. The number of carbonyl (C=O) groups is 1. The first-order valence-electron chi connectivity index (χ1n) is 10.3. The Balaban J connectivity index is 1.55. The third-order valence-corrected chi connectivity index (χ3v) is 7.02. The predicted molar refractivity (Wildman–Crippen MR) is 139 cm³/mol. The number of thioether (sulfide) groups is 1. The number of hydrogen-bond donors (Lipinski definition) is 1. The molecule has 3 aromatic carbocycles. The molecule has 0 fully saturated rings. The topological polar surface area (TPSA) is 59.8 Å². The molecule has 0 saturated carbocycles. The molecule has 0 saturated heterocycles. The van der Waals surface area contributed by atoms with Crippen LogP contribution in [0.2, 0.25) is 5.02 Å². The monoisotopic (exact) mass is 540 g/mol. The van der Waals surface area contributed by atoms with Gasteiger partial charge in [0.05, 0.1) is 11.4 Å². The van der Waals surface area contributed by atoms with Crippen LogP contribution in [0.15, 0.2) is 76.4 Å². The highest BCUT2D eigenvalue weighted by Gasteiger charge is 2.17. The zero-order valence-electron chi connectivity index (χ0n) is 18.2. The molecule has 8 heteroatoms. The Kier molecular flexibility index (Phi) is 7.53. The van der Waals surface area contributed by atoms with E-state index >= 15 is 0 Å². The average molecular weight is 542 g/mol.